The van der Waals surface area contributed by atoms with Gasteiger partial charge in [-0.15, -0.1) is 0 Å². The predicted molar refractivity (Wildman–Crippen MR) is 105 cm³/mol. The number of aryl methyl sites for hydroxylation is 1. The summed E-state index contributed by atoms with van der Waals surface area (Å²) >= 11 is 0. The third-order valence-corrected chi connectivity index (χ3v) is 4.76. The van der Waals surface area contributed by atoms with Gasteiger partial charge in [-0.2, -0.15) is 5.10 Å². The van der Waals surface area contributed by atoms with Crippen molar-refractivity contribution >= 4 is 11.8 Å². The summed E-state index contributed by atoms with van der Waals surface area (Å²) in [6.45, 7) is 2.74. The zero-order valence-electron chi connectivity index (χ0n) is 16.2. The molecule has 3 heterocycles. The monoisotopic (exact) mass is 355 g/mol. The number of pyridine rings is 1. The maximum atomic E-state index is 4.66. The van der Waals surface area contributed by atoms with E-state index in [9.17, 15) is 0 Å². The van der Waals surface area contributed by atoms with E-state index in [1.165, 1.54) is 12.0 Å². The highest BCUT2D eigenvalue weighted by molar-refractivity contribution is 5.80. The zero-order chi connectivity index (χ0) is 18.5. The van der Waals surface area contributed by atoms with Gasteiger partial charge in [0.05, 0.1) is 18.4 Å². The fourth-order valence-corrected chi connectivity index (χ4v) is 3.42. The third kappa shape index (κ3) is 4.53. The van der Waals surface area contributed by atoms with E-state index in [-0.39, 0.29) is 0 Å². The first kappa shape index (κ1) is 18.2. The quantitative estimate of drug-likeness (QED) is 0.651. The molecule has 2 aromatic rings. The number of anilines is 1. The molecule has 0 saturated carbocycles. The Bertz CT molecular complexity index is 750. The van der Waals surface area contributed by atoms with E-state index >= 15 is 0 Å². The Morgan fingerprint density at radius 1 is 1.38 bits per heavy atom. The Morgan fingerprint density at radius 2 is 2.23 bits per heavy atom. The number of guanidine groups is 1. The SMILES string of the molecule is CN=C(NCc1cccc(N(C)C)n1)N1CCC(Cc2cnn(C)c2)C1. The second-order valence-corrected chi connectivity index (χ2v) is 7.11. The molecule has 0 aromatic carbocycles. The Hall–Kier alpha value is -2.57. The van der Waals surface area contributed by atoms with Crippen molar-refractivity contribution in [2.75, 3.05) is 39.1 Å². The van der Waals surface area contributed by atoms with E-state index in [2.05, 4.69) is 31.5 Å². The largest absolute Gasteiger partial charge is 0.363 e. The van der Waals surface area contributed by atoms with Gasteiger partial charge in [-0.3, -0.25) is 9.67 Å². The lowest BCUT2D eigenvalue weighted by atomic mass is 10.0. The van der Waals surface area contributed by atoms with Crippen LogP contribution in [0.4, 0.5) is 5.82 Å². The van der Waals surface area contributed by atoms with Gasteiger partial charge in [0, 0.05) is 47.5 Å². The number of nitrogens with one attached hydrogen (secondary N) is 1. The molecule has 1 aliphatic heterocycles. The van der Waals surface area contributed by atoms with Gasteiger partial charge < -0.3 is 15.1 Å². The van der Waals surface area contributed by atoms with Gasteiger partial charge in [0.25, 0.3) is 0 Å². The Kier molecular flexibility index (Phi) is 5.75. The van der Waals surface area contributed by atoms with E-state index in [0.717, 1.165) is 37.0 Å². The maximum Gasteiger partial charge on any atom is 0.193 e. The molecule has 2 aromatic heterocycles. The zero-order valence-corrected chi connectivity index (χ0v) is 16.2. The van der Waals surface area contributed by atoms with E-state index < -0.39 is 0 Å². The van der Waals surface area contributed by atoms with Crippen molar-refractivity contribution in [1.29, 1.82) is 0 Å². The number of likely N-dealkylation sites (tertiary alicyclic amines) is 1. The summed E-state index contributed by atoms with van der Waals surface area (Å²) in [6.07, 6.45) is 6.34. The molecule has 26 heavy (non-hydrogen) atoms. The molecule has 7 nitrogen and oxygen atoms in total. The van der Waals surface area contributed by atoms with Crippen LogP contribution < -0.4 is 10.2 Å². The van der Waals surface area contributed by atoms with Crippen LogP contribution in [0.5, 0.6) is 0 Å². The van der Waals surface area contributed by atoms with Gasteiger partial charge >= 0.3 is 0 Å². The van der Waals surface area contributed by atoms with Crippen LogP contribution in [0.3, 0.4) is 0 Å². The highest BCUT2D eigenvalue weighted by Gasteiger charge is 2.25. The predicted octanol–water partition coefficient (Wildman–Crippen LogP) is 1.52. The molecule has 0 bridgehead atoms. The third-order valence-electron chi connectivity index (χ3n) is 4.76. The molecule has 1 saturated heterocycles. The molecule has 0 amide bonds. The topological polar surface area (TPSA) is 61.6 Å². The summed E-state index contributed by atoms with van der Waals surface area (Å²) in [7, 11) is 7.83. The minimum absolute atomic E-state index is 0.646. The van der Waals surface area contributed by atoms with Crippen LogP contribution >= 0.6 is 0 Å². The highest BCUT2D eigenvalue weighted by Crippen LogP contribution is 2.20. The summed E-state index contributed by atoms with van der Waals surface area (Å²) in [5.41, 5.74) is 2.33. The van der Waals surface area contributed by atoms with Crippen molar-refractivity contribution in [1.82, 2.24) is 25.0 Å². The van der Waals surface area contributed by atoms with Crippen LogP contribution in [-0.4, -0.2) is 59.9 Å². The number of aromatic nitrogens is 3. The van der Waals surface area contributed by atoms with Crippen molar-refractivity contribution < 1.29 is 0 Å². The number of aliphatic imine (C=N–C) groups is 1. The normalized spacial score (nSPS) is 17.6. The molecule has 0 radical (unpaired) electrons. The lowest BCUT2D eigenvalue weighted by Crippen LogP contribution is -2.39. The van der Waals surface area contributed by atoms with E-state index in [4.69, 9.17) is 0 Å². The van der Waals surface area contributed by atoms with Gasteiger partial charge in [-0.1, -0.05) is 6.07 Å². The van der Waals surface area contributed by atoms with Crippen LogP contribution in [0.25, 0.3) is 0 Å². The summed E-state index contributed by atoms with van der Waals surface area (Å²) in [5.74, 6) is 2.57. The average Bonchev–Trinajstić information content (AvgIpc) is 3.25. The second-order valence-electron chi connectivity index (χ2n) is 7.11. The number of hydrogen-bond acceptors (Lipinski definition) is 4. The van der Waals surface area contributed by atoms with Crippen molar-refractivity contribution in [2.24, 2.45) is 18.0 Å². The summed E-state index contributed by atoms with van der Waals surface area (Å²) < 4.78 is 1.87. The van der Waals surface area contributed by atoms with Crippen molar-refractivity contribution in [3.63, 3.8) is 0 Å². The smallest absolute Gasteiger partial charge is 0.193 e. The van der Waals surface area contributed by atoms with Crippen LogP contribution in [0.15, 0.2) is 35.6 Å². The average molecular weight is 355 g/mol. The fourth-order valence-electron chi connectivity index (χ4n) is 3.42. The van der Waals surface area contributed by atoms with E-state index in [0.29, 0.717) is 12.5 Å². The second kappa shape index (κ2) is 8.21. The first-order chi connectivity index (χ1) is 12.5. The standard InChI is InChI=1S/C19H29N7/c1-20-19(21-12-17-6-5-7-18(23-17)24(2)3)26-9-8-15(14-26)10-16-11-22-25(4)13-16/h5-7,11,13,15H,8-10,12,14H2,1-4H3,(H,20,21). The molecule has 1 unspecified atom stereocenters. The molecular weight excluding hydrogens is 326 g/mol. The molecule has 1 fully saturated rings. The Labute approximate surface area is 155 Å². The van der Waals surface area contributed by atoms with Crippen molar-refractivity contribution in [3.05, 3.63) is 41.9 Å². The summed E-state index contributed by atoms with van der Waals surface area (Å²) in [6, 6.07) is 6.10. The van der Waals surface area contributed by atoms with E-state index in [1.54, 1.807) is 0 Å². The minimum atomic E-state index is 0.646. The molecule has 7 heteroatoms. The van der Waals surface area contributed by atoms with Crippen LogP contribution in [0, 0.1) is 5.92 Å². The fraction of sp³-hybridized carbons (Fsp3) is 0.526. The highest BCUT2D eigenvalue weighted by atomic mass is 15.3. The molecule has 3 rings (SSSR count). The van der Waals surface area contributed by atoms with Gasteiger partial charge in [-0.05, 0) is 36.5 Å². The first-order valence-corrected chi connectivity index (χ1v) is 9.11. The molecule has 1 atom stereocenters. The number of hydrogen-bond donors (Lipinski definition) is 1. The molecular formula is C19H29N7. The van der Waals surface area contributed by atoms with E-state index in [1.807, 2.05) is 62.2 Å². The van der Waals surface area contributed by atoms with Crippen LogP contribution in [0.2, 0.25) is 0 Å². The summed E-state index contributed by atoms with van der Waals surface area (Å²) in [5, 5.41) is 7.73. The molecule has 1 aliphatic rings. The Morgan fingerprint density at radius 3 is 2.92 bits per heavy atom. The lowest BCUT2D eigenvalue weighted by Gasteiger charge is -2.22. The Balaban J connectivity index is 1.54. The van der Waals surface area contributed by atoms with Crippen molar-refractivity contribution in [2.45, 2.75) is 19.4 Å². The van der Waals surface area contributed by atoms with Gasteiger partial charge in [-0.25, -0.2) is 4.98 Å². The first-order valence-electron chi connectivity index (χ1n) is 9.11. The van der Waals surface area contributed by atoms with Gasteiger partial charge in [0.1, 0.15) is 5.82 Å². The minimum Gasteiger partial charge on any atom is -0.363 e. The van der Waals surface area contributed by atoms with Crippen LogP contribution in [0.1, 0.15) is 17.7 Å². The van der Waals surface area contributed by atoms with Gasteiger partial charge in [0.2, 0.25) is 0 Å². The van der Waals surface area contributed by atoms with Crippen molar-refractivity contribution in [3.8, 4) is 0 Å². The molecule has 0 spiro atoms. The lowest BCUT2D eigenvalue weighted by molar-refractivity contribution is 0.459. The number of nitrogens with zero attached hydrogens (tertiary/aromatic N) is 6. The molecule has 140 valence electrons. The summed E-state index contributed by atoms with van der Waals surface area (Å²) in [4.78, 5) is 13.5. The molecule has 0 aliphatic carbocycles. The van der Waals surface area contributed by atoms with Crippen LogP contribution in [-0.2, 0) is 20.0 Å². The maximum absolute atomic E-state index is 4.66. The number of rotatable bonds is 5. The molecule has 1 N–H and O–H groups in total. The van der Waals surface area contributed by atoms with Gasteiger partial charge in [0.15, 0.2) is 5.96 Å².